The fourth-order valence-electron chi connectivity index (χ4n) is 1.92. The van der Waals surface area contributed by atoms with Crippen LogP contribution in [0.4, 0.5) is 5.69 Å². The molecule has 3 aromatic rings. The van der Waals surface area contributed by atoms with Crippen LogP contribution in [0.1, 0.15) is 5.82 Å². The maximum absolute atomic E-state index is 4.16. The summed E-state index contributed by atoms with van der Waals surface area (Å²) in [6, 6.07) is 20.1. The Kier molecular flexibility index (Phi) is 3.23. The molecule has 4 nitrogen and oxygen atoms in total. The molecule has 3 rings (SSSR count). The zero-order chi connectivity index (χ0) is 12.9. The van der Waals surface area contributed by atoms with Crippen molar-refractivity contribution in [3.05, 3.63) is 72.8 Å². The molecule has 0 fully saturated rings. The monoisotopic (exact) mass is 250 g/mol. The number of benzene rings is 2. The van der Waals surface area contributed by atoms with Gasteiger partial charge >= 0.3 is 0 Å². The van der Waals surface area contributed by atoms with Crippen molar-refractivity contribution in [3.8, 4) is 5.69 Å². The number of hydrogen-bond donors (Lipinski definition) is 1. The molecule has 2 aromatic carbocycles. The summed E-state index contributed by atoms with van der Waals surface area (Å²) in [7, 11) is 0. The number of aromatic nitrogens is 3. The molecule has 94 valence electrons. The van der Waals surface area contributed by atoms with E-state index in [9.17, 15) is 0 Å². The highest BCUT2D eigenvalue weighted by molar-refractivity contribution is 5.42. The second kappa shape index (κ2) is 5.35. The van der Waals surface area contributed by atoms with Gasteiger partial charge in [0.2, 0.25) is 0 Å². The Labute approximate surface area is 111 Å². The molecule has 0 unspecified atom stereocenters. The van der Waals surface area contributed by atoms with E-state index in [0.29, 0.717) is 6.54 Å². The summed E-state index contributed by atoms with van der Waals surface area (Å²) in [5.41, 5.74) is 2.14. The normalized spacial score (nSPS) is 10.3. The third-order valence-electron chi connectivity index (χ3n) is 2.88. The zero-order valence-corrected chi connectivity index (χ0v) is 10.4. The Morgan fingerprint density at radius 3 is 2.32 bits per heavy atom. The van der Waals surface area contributed by atoms with Crippen molar-refractivity contribution in [2.45, 2.75) is 6.54 Å². The van der Waals surface area contributed by atoms with E-state index in [4.69, 9.17) is 0 Å². The molecule has 1 aromatic heterocycles. The molecular formula is C15H14N4. The molecule has 0 aliphatic carbocycles. The highest BCUT2D eigenvalue weighted by atomic mass is 15.3. The molecular weight excluding hydrogens is 236 g/mol. The Balaban J connectivity index is 1.78. The summed E-state index contributed by atoms with van der Waals surface area (Å²) < 4.78 is 1.98. The minimum Gasteiger partial charge on any atom is -0.378 e. The quantitative estimate of drug-likeness (QED) is 0.774. The zero-order valence-electron chi connectivity index (χ0n) is 10.4. The highest BCUT2D eigenvalue weighted by Crippen LogP contribution is 2.11. The second-order valence-corrected chi connectivity index (χ2v) is 4.17. The first-order valence-corrected chi connectivity index (χ1v) is 6.17. The van der Waals surface area contributed by atoms with E-state index < -0.39 is 0 Å². The predicted octanol–water partition coefficient (Wildman–Crippen LogP) is 2.88. The van der Waals surface area contributed by atoms with Crippen molar-refractivity contribution in [1.82, 2.24) is 14.8 Å². The molecule has 0 radical (unpaired) electrons. The van der Waals surface area contributed by atoms with E-state index in [1.165, 1.54) is 0 Å². The first-order chi connectivity index (χ1) is 9.43. The summed E-state index contributed by atoms with van der Waals surface area (Å²) >= 11 is 0. The topological polar surface area (TPSA) is 42.7 Å². The Hall–Kier alpha value is -2.62. The molecule has 0 saturated heterocycles. The van der Waals surface area contributed by atoms with Gasteiger partial charge < -0.3 is 5.32 Å². The maximum Gasteiger partial charge on any atom is 0.156 e. The van der Waals surface area contributed by atoms with Crippen LogP contribution >= 0.6 is 0 Å². The van der Waals surface area contributed by atoms with E-state index in [2.05, 4.69) is 15.5 Å². The van der Waals surface area contributed by atoms with Gasteiger partial charge in [-0.3, -0.25) is 4.57 Å². The molecule has 1 N–H and O–H groups in total. The minimum absolute atomic E-state index is 0.638. The molecule has 0 spiro atoms. The van der Waals surface area contributed by atoms with E-state index in [0.717, 1.165) is 17.2 Å². The van der Waals surface area contributed by atoms with Crippen LogP contribution < -0.4 is 5.32 Å². The second-order valence-electron chi connectivity index (χ2n) is 4.17. The van der Waals surface area contributed by atoms with Gasteiger partial charge in [0, 0.05) is 11.4 Å². The molecule has 19 heavy (non-hydrogen) atoms. The largest absolute Gasteiger partial charge is 0.378 e. The Morgan fingerprint density at radius 1 is 0.895 bits per heavy atom. The summed E-state index contributed by atoms with van der Waals surface area (Å²) in [5, 5.41) is 11.5. The van der Waals surface area contributed by atoms with Crippen molar-refractivity contribution in [2.75, 3.05) is 5.32 Å². The summed E-state index contributed by atoms with van der Waals surface area (Å²) in [6.45, 7) is 0.638. The van der Waals surface area contributed by atoms with Gasteiger partial charge in [0.05, 0.1) is 6.54 Å². The number of para-hydroxylation sites is 2. The molecule has 0 amide bonds. The van der Waals surface area contributed by atoms with Crippen LogP contribution in [0.2, 0.25) is 0 Å². The lowest BCUT2D eigenvalue weighted by Crippen LogP contribution is -2.06. The number of hydrogen-bond acceptors (Lipinski definition) is 3. The Morgan fingerprint density at radius 2 is 1.58 bits per heavy atom. The van der Waals surface area contributed by atoms with Gasteiger partial charge in [-0.1, -0.05) is 36.4 Å². The van der Waals surface area contributed by atoms with Gasteiger partial charge in [-0.15, -0.1) is 10.2 Å². The van der Waals surface area contributed by atoms with Crippen molar-refractivity contribution < 1.29 is 0 Å². The van der Waals surface area contributed by atoms with Crippen LogP contribution in [-0.4, -0.2) is 14.8 Å². The third kappa shape index (κ3) is 2.63. The predicted molar refractivity (Wildman–Crippen MR) is 75.1 cm³/mol. The first kappa shape index (κ1) is 11.5. The van der Waals surface area contributed by atoms with Gasteiger partial charge in [0.25, 0.3) is 0 Å². The molecule has 0 aliphatic heterocycles. The van der Waals surface area contributed by atoms with Gasteiger partial charge in [-0.25, -0.2) is 0 Å². The minimum atomic E-state index is 0.638. The van der Waals surface area contributed by atoms with Crippen LogP contribution in [0.3, 0.4) is 0 Å². The SMILES string of the molecule is c1ccc(NCc2nncn2-c2ccccc2)cc1. The molecule has 0 bridgehead atoms. The lowest BCUT2D eigenvalue weighted by Gasteiger charge is -2.08. The molecule has 4 heteroatoms. The standard InChI is InChI=1S/C15H14N4/c1-3-7-13(8-4-1)16-11-15-18-17-12-19(15)14-9-5-2-6-10-14/h1-10,12,16H,11H2. The van der Waals surface area contributed by atoms with Gasteiger partial charge in [0.1, 0.15) is 6.33 Å². The lowest BCUT2D eigenvalue weighted by atomic mass is 10.3. The lowest BCUT2D eigenvalue weighted by molar-refractivity contribution is 0.891. The van der Waals surface area contributed by atoms with Crippen LogP contribution in [0.15, 0.2) is 67.0 Å². The highest BCUT2D eigenvalue weighted by Gasteiger charge is 2.05. The third-order valence-corrected chi connectivity index (χ3v) is 2.88. The Bertz CT molecular complexity index is 632. The molecule has 1 heterocycles. The number of nitrogens with one attached hydrogen (secondary N) is 1. The average Bonchev–Trinajstić information content (AvgIpc) is 2.95. The summed E-state index contributed by atoms with van der Waals surface area (Å²) in [4.78, 5) is 0. The van der Waals surface area contributed by atoms with Gasteiger partial charge in [0.15, 0.2) is 5.82 Å². The summed E-state index contributed by atoms with van der Waals surface area (Å²) in [6.07, 6.45) is 1.73. The number of rotatable bonds is 4. The molecule has 0 saturated carbocycles. The van der Waals surface area contributed by atoms with Crippen molar-refractivity contribution >= 4 is 5.69 Å². The van der Waals surface area contributed by atoms with E-state index >= 15 is 0 Å². The maximum atomic E-state index is 4.16. The average molecular weight is 250 g/mol. The van der Waals surface area contributed by atoms with E-state index in [-0.39, 0.29) is 0 Å². The van der Waals surface area contributed by atoms with E-state index in [1.54, 1.807) is 6.33 Å². The number of anilines is 1. The smallest absolute Gasteiger partial charge is 0.156 e. The molecule has 0 atom stereocenters. The number of nitrogens with zero attached hydrogens (tertiary/aromatic N) is 3. The van der Waals surface area contributed by atoms with E-state index in [1.807, 2.05) is 65.2 Å². The van der Waals surface area contributed by atoms with Crippen LogP contribution in [-0.2, 0) is 6.54 Å². The van der Waals surface area contributed by atoms with Crippen molar-refractivity contribution in [3.63, 3.8) is 0 Å². The van der Waals surface area contributed by atoms with Gasteiger partial charge in [-0.2, -0.15) is 0 Å². The fraction of sp³-hybridized carbons (Fsp3) is 0.0667. The van der Waals surface area contributed by atoms with Gasteiger partial charge in [-0.05, 0) is 24.3 Å². The van der Waals surface area contributed by atoms with Crippen molar-refractivity contribution in [1.29, 1.82) is 0 Å². The van der Waals surface area contributed by atoms with Crippen LogP contribution in [0.5, 0.6) is 0 Å². The molecule has 0 aliphatic rings. The first-order valence-electron chi connectivity index (χ1n) is 6.17. The van der Waals surface area contributed by atoms with Crippen LogP contribution in [0.25, 0.3) is 5.69 Å². The van der Waals surface area contributed by atoms with Crippen LogP contribution in [0, 0.1) is 0 Å². The van der Waals surface area contributed by atoms with Crippen molar-refractivity contribution in [2.24, 2.45) is 0 Å². The summed E-state index contributed by atoms with van der Waals surface area (Å²) in [5.74, 6) is 0.884. The fourth-order valence-corrected chi connectivity index (χ4v) is 1.92.